The van der Waals surface area contributed by atoms with Crippen molar-refractivity contribution < 1.29 is 0 Å². The summed E-state index contributed by atoms with van der Waals surface area (Å²) in [6.07, 6.45) is 4.72. The standard InChI is InChI=1S/C12H20N4/c1-9-5-10(9)7-16(2)12(6-13)11-3-4-14-8-15-11/h3-4,8-10,12H,5-7,13H2,1-2H3. The number of hydrogen-bond donors (Lipinski definition) is 1. The lowest BCUT2D eigenvalue weighted by Gasteiger charge is -2.26. The summed E-state index contributed by atoms with van der Waals surface area (Å²) < 4.78 is 0. The molecule has 1 saturated carbocycles. The second kappa shape index (κ2) is 4.89. The number of rotatable bonds is 5. The van der Waals surface area contributed by atoms with Crippen LogP contribution in [0.25, 0.3) is 0 Å². The van der Waals surface area contributed by atoms with Gasteiger partial charge in [-0.2, -0.15) is 0 Å². The van der Waals surface area contributed by atoms with Crippen molar-refractivity contribution in [3.05, 3.63) is 24.3 Å². The van der Waals surface area contributed by atoms with E-state index in [9.17, 15) is 0 Å². The van der Waals surface area contributed by atoms with E-state index in [-0.39, 0.29) is 6.04 Å². The third-order valence-corrected chi connectivity index (χ3v) is 3.50. The fraction of sp³-hybridized carbons (Fsp3) is 0.667. The van der Waals surface area contributed by atoms with Gasteiger partial charge in [0.15, 0.2) is 0 Å². The monoisotopic (exact) mass is 220 g/mol. The topological polar surface area (TPSA) is 55.0 Å². The Hall–Kier alpha value is -1.00. The molecule has 1 aromatic rings. The number of nitrogens with zero attached hydrogens (tertiary/aromatic N) is 3. The Morgan fingerprint density at radius 1 is 1.62 bits per heavy atom. The molecule has 2 rings (SSSR count). The lowest BCUT2D eigenvalue weighted by atomic mass is 10.1. The summed E-state index contributed by atoms with van der Waals surface area (Å²) in [5.41, 5.74) is 6.86. The molecule has 4 nitrogen and oxygen atoms in total. The minimum atomic E-state index is 0.218. The molecule has 3 unspecified atom stereocenters. The molecule has 1 heterocycles. The van der Waals surface area contributed by atoms with Gasteiger partial charge in [0.25, 0.3) is 0 Å². The molecule has 1 aliphatic rings. The maximum absolute atomic E-state index is 5.83. The molecule has 1 aromatic heterocycles. The summed E-state index contributed by atoms with van der Waals surface area (Å²) >= 11 is 0. The predicted molar refractivity (Wildman–Crippen MR) is 63.7 cm³/mol. The zero-order chi connectivity index (χ0) is 11.5. The van der Waals surface area contributed by atoms with E-state index in [0.717, 1.165) is 24.1 Å². The molecule has 1 fully saturated rings. The predicted octanol–water partition coefficient (Wildman–Crippen LogP) is 1.06. The van der Waals surface area contributed by atoms with Crippen molar-refractivity contribution in [3.63, 3.8) is 0 Å². The van der Waals surface area contributed by atoms with Crippen LogP contribution in [-0.4, -0.2) is 35.0 Å². The van der Waals surface area contributed by atoms with Gasteiger partial charge < -0.3 is 5.73 Å². The molecule has 3 atom stereocenters. The first-order valence-electron chi connectivity index (χ1n) is 5.88. The number of nitrogens with two attached hydrogens (primary N) is 1. The zero-order valence-corrected chi connectivity index (χ0v) is 10.0. The quantitative estimate of drug-likeness (QED) is 0.806. The van der Waals surface area contributed by atoms with Crippen LogP contribution >= 0.6 is 0 Å². The molecule has 0 saturated heterocycles. The van der Waals surface area contributed by atoms with Gasteiger partial charge in [-0.3, -0.25) is 4.90 Å². The highest BCUT2D eigenvalue weighted by atomic mass is 15.2. The number of likely N-dealkylation sites (N-methyl/N-ethyl adjacent to an activating group) is 1. The Labute approximate surface area is 96.9 Å². The van der Waals surface area contributed by atoms with E-state index in [4.69, 9.17) is 5.73 Å². The summed E-state index contributed by atoms with van der Waals surface area (Å²) in [4.78, 5) is 10.5. The molecule has 88 valence electrons. The zero-order valence-electron chi connectivity index (χ0n) is 10.0. The Morgan fingerprint density at radius 2 is 2.38 bits per heavy atom. The Bertz CT molecular complexity index is 327. The third-order valence-electron chi connectivity index (χ3n) is 3.50. The molecular formula is C12H20N4. The molecule has 0 spiro atoms. The summed E-state index contributed by atoms with van der Waals surface area (Å²) in [7, 11) is 2.13. The van der Waals surface area contributed by atoms with Crippen LogP contribution in [0, 0.1) is 11.8 Å². The minimum absolute atomic E-state index is 0.218. The largest absolute Gasteiger partial charge is 0.329 e. The summed E-state index contributed by atoms with van der Waals surface area (Å²) in [5.74, 6) is 1.73. The second-order valence-corrected chi connectivity index (χ2v) is 4.80. The second-order valence-electron chi connectivity index (χ2n) is 4.80. The summed E-state index contributed by atoms with van der Waals surface area (Å²) in [6.45, 7) is 4.03. The van der Waals surface area contributed by atoms with Gasteiger partial charge in [0, 0.05) is 19.3 Å². The van der Waals surface area contributed by atoms with E-state index in [2.05, 4.69) is 28.8 Å². The minimum Gasteiger partial charge on any atom is -0.329 e. The molecule has 16 heavy (non-hydrogen) atoms. The van der Waals surface area contributed by atoms with Gasteiger partial charge in [0.2, 0.25) is 0 Å². The first-order chi connectivity index (χ1) is 7.72. The van der Waals surface area contributed by atoms with Crippen LogP contribution in [-0.2, 0) is 0 Å². The van der Waals surface area contributed by atoms with E-state index in [1.807, 2.05) is 6.07 Å². The molecule has 0 radical (unpaired) electrons. The number of hydrogen-bond acceptors (Lipinski definition) is 4. The Balaban J connectivity index is 1.98. The molecular weight excluding hydrogens is 200 g/mol. The average Bonchev–Trinajstić information content (AvgIpc) is 2.96. The maximum Gasteiger partial charge on any atom is 0.115 e. The molecule has 0 amide bonds. The van der Waals surface area contributed by atoms with Gasteiger partial charge in [-0.25, -0.2) is 9.97 Å². The maximum atomic E-state index is 5.83. The number of aromatic nitrogens is 2. The molecule has 2 N–H and O–H groups in total. The van der Waals surface area contributed by atoms with Crippen LogP contribution in [0.3, 0.4) is 0 Å². The van der Waals surface area contributed by atoms with Gasteiger partial charge in [-0.05, 0) is 31.4 Å². The highest BCUT2D eigenvalue weighted by molar-refractivity contribution is 5.06. The normalized spacial score (nSPS) is 25.8. The van der Waals surface area contributed by atoms with Crippen molar-refractivity contribution in [2.24, 2.45) is 17.6 Å². The first kappa shape index (κ1) is 11.5. The Kier molecular flexibility index (Phi) is 3.51. The van der Waals surface area contributed by atoms with Crippen LogP contribution in [0.2, 0.25) is 0 Å². The van der Waals surface area contributed by atoms with E-state index in [0.29, 0.717) is 6.54 Å². The Morgan fingerprint density at radius 3 is 2.88 bits per heavy atom. The van der Waals surface area contributed by atoms with Crippen molar-refractivity contribution in [1.29, 1.82) is 0 Å². The van der Waals surface area contributed by atoms with Crippen LogP contribution < -0.4 is 5.73 Å². The summed E-state index contributed by atoms with van der Waals surface area (Å²) in [6, 6.07) is 2.17. The average molecular weight is 220 g/mol. The van der Waals surface area contributed by atoms with Gasteiger partial charge in [0.1, 0.15) is 6.33 Å². The van der Waals surface area contributed by atoms with Crippen molar-refractivity contribution >= 4 is 0 Å². The van der Waals surface area contributed by atoms with Crippen LogP contribution in [0.4, 0.5) is 0 Å². The SMILES string of the molecule is CC1CC1CN(C)C(CN)c1ccncn1. The van der Waals surface area contributed by atoms with Crippen LogP contribution in [0.15, 0.2) is 18.6 Å². The fourth-order valence-corrected chi connectivity index (χ4v) is 2.18. The van der Waals surface area contributed by atoms with Crippen LogP contribution in [0.5, 0.6) is 0 Å². The lowest BCUT2D eigenvalue weighted by molar-refractivity contribution is 0.232. The molecule has 0 bridgehead atoms. The first-order valence-corrected chi connectivity index (χ1v) is 5.88. The highest BCUT2D eigenvalue weighted by Gasteiger charge is 2.34. The van der Waals surface area contributed by atoms with Crippen molar-refractivity contribution in [1.82, 2.24) is 14.9 Å². The van der Waals surface area contributed by atoms with Crippen LogP contribution in [0.1, 0.15) is 25.1 Å². The van der Waals surface area contributed by atoms with Gasteiger partial charge in [-0.15, -0.1) is 0 Å². The van der Waals surface area contributed by atoms with E-state index in [1.54, 1.807) is 12.5 Å². The van der Waals surface area contributed by atoms with Crippen molar-refractivity contribution in [3.8, 4) is 0 Å². The highest BCUT2D eigenvalue weighted by Crippen LogP contribution is 2.39. The van der Waals surface area contributed by atoms with Crippen molar-refractivity contribution in [2.45, 2.75) is 19.4 Å². The van der Waals surface area contributed by atoms with E-state index >= 15 is 0 Å². The summed E-state index contributed by atoms with van der Waals surface area (Å²) in [5, 5.41) is 0. The van der Waals surface area contributed by atoms with Crippen molar-refractivity contribution in [2.75, 3.05) is 20.1 Å². The fourth-order valence-electron chi connectivity index (χ4n) is 2.18. The van der Waals surface area contributed by atoms with E-state index < -0.39 is 0 Å². The molecule has 4 heteroatoms. The molecule has 0 aliphatic heterocycles. The van der Waals surface area contributed by atoms with E-state index in [1.165, 1.54) is 6.42 Å². The molecule has 0 aromatic carbocycles. The third kappa shape index (κ3) is 2.57. The smallest absolute Gasteiger partial charge is 0.115 e. The molecule has 1 aliphatic carbocycles. The van der Waals surface area contributed by atoms with Gasteiger partial charge >= 0.3 is 0 Å². The van der Waals surface area contributed by atoms with Gasteiger partial charge in [0.05, 0.1) is 11.7 Å². The van der Waals surface area contributed by atoms with Gasteiger partial charge in [-0.1, -0.05) is 6.92 Å². The lowest BCUT2D eigenvalue weighted by Crippen LogP contribution is -2.32.